The van der Waals surface area contributed by atoms with Crippen molar-refractivity contribution in [3.63, 3.8) is 0 Å². The van der Waals surface area contributed by atoms with Crippen LogP contribution < -0.4 is 29.6 Å². The number of methoxy groups -OCH3 is 2. The summed E-state index contributed by atoms with van der Waals surface area (Å²) in [5.74, 6) is 3.82. The fraction of sp³-hybridized carbons (Fsp3) is 0.391. The summed E-state index contributed by atoms with van der Waals surface area (Å²) in [4.78, 5) is 11.8. The lowest BCUT2D eigenvalue weighted by atomic mass is 10.2. The monoisotopic (exact) mass is 453 g/mol. The van der Waals surface area contributed by atoms with Crippen molar-refractivity contribution in [1.82, 2.24) is 14.9 Å². The molecule has 0 bridgehead atoms. The highest BCUT2D eigenvalue weighted by Gasteiger charge is 2.17. The lowest BCUT2D eigenvalue weighted by Crippen LogP contribution is -2.39. The molecule has 2 aromatic carbocycles. The standard InChI is InChI=1S/C23H27N5O5/c1-29-19-12-16-17(13-20(19)30-2)26-23(24-5-6-28-7-9-31-10-8-28)27-22(16)25-15-3-4-18-21(11-15)33-14-32-18/h3-4,11-13H,5-10,14H2,1-2H3,(H2,24,25,26,27). The second-order valence-corrected chi connectivity index (χ2v) is 7.69. The van der Waals surface area contributed by atoms with E-state index in [2.05, 4.69) is 15.5 Å². The van der Waals surface area contributed by atoms with Gasteiger partial charge >= 0.3 is 0 Å². The highest BCUT2D eigenvalue weighted by atomic mass is 16.7. The molecule has 2 aliphatic heterocycles. The van der Waals surface area contributed by atoms with Gasteiger partial charge in [0.05, 0.1) is 33.0 Å². The van der Waals surface area contributed by atoms with Gasteiger partial charge in [-0.05, 0) is 18.2 Å². The van der Waals surface area contributed by atoms with Crippen molar-refractivity contribution in [2.45, 2.75) is 0 Å². The largest absolute Gasteiger partial charge is 0.493 e. The molecule has 3 aromatic rings. The molecule has 3 heterocycles. The van der Waals surface area contributed by atoms with E-state index in [0.29, 0.717) is 29.0 Å². The van der Waals surface area contributed by atoms with Crippen LogP contribution in [-0.2, 0) is 4.74 Å². The van der Waals surface area contributed by atoms with Gasteiger partial charge in [-0.3, -0.25) is 4.90 Å². The average Bonchev–Trinajstić information content (AvgIpc) is 3.32. The Morgan fingerprint density at radius 3 is 2.58 bits per heavy atom. The lowest BCUT2D eigenvalue weighted by Gasteiger charge is -2.26. The van der Waals surface area contributed by atoms with Gasteiger partial charge in [-0.15, -0.1) is 0 Å². The molecule has 5 rings (SSSR count). The van der Waals surface area contributed by atoms with E-state index in [9.17, 15) is 0 Å². The van der Waals surface area contributed by atoms with Crippen molar-refractivity contribution in [2.24, 2.45) is 0 Å². The van der Waals surface area contributed by atoms with Crippen LogP contribution in [0, 0.1) is 0 Å². The fourth-order valence-electron chi connectivity index (χ4n) is 3.89. The van der Waals surface area contributed by atoms with Gasteiger partial charge in [0.25, 0.3) is 0 Å². The predicted octanol–water partition coefficient (Wildman–Crippen LogP) is 2.86. The molecule has 10 nitrogen and oxygen atoms in total. The molecule has 0 amide bonds. The molecule has 0 unspecified atom stereocenters. The quantitative estimate of drug-likeness (QED) is 0.530. The molecular formula is C23H27N5O5. The summed E-state index contributed by atoms with van der Waals surface area (Å²) in [6, 6.07) is 9.42. The van der Waals surface area contributed by atoms with Crippen LogP contribution in [0.15, 0.2) is 30.3 Å². The van der Waals surface area contributed by atoms with Crippen LogP contribution in [0.3, 0.4) is 0 Å². The van der Waals surface area contributed by atoms with E-state index in [1.807, 2.05) is 30.3 Å². The number of morpholine rings is 1. The summed E-state index contributed by atoms with van der Waals surface area (Å²) in [6.45, 7) is 5.27. The number of rotatable bonds is 8. The number of ether oxygens (including phenoxy) is 5. The topological polar surface area (TPSA) is 99.2 Å². The van der Waals surface area contributed by atoms with Crippen molar-refractivity contribution in [3.05, 3.63) is 30.3 Å². The molecule has 0 aliphatic carbocycles. The van der Waals surface area contributed by atoms with E-state index in [4.69, 9.17) is 33.7 Å². The second-order valence-electron chi connectivity index (χ2n) is 7.69. The van der Waals surface area contributed by atoms with Crippen molar-refractivity contribution in [3.8, 4) is 23.0 Å². The third kappa shape index (κ3) is 4.67. The molecule has 1 saturated heterocycles. The Morgan fingerprint density at radius 1 is 0.970 bits per heavy atom. The van der Waals surface area contributed by atoms with Gasteiger partial charge in [-0.25, -0.2) is 4.98 Å². The van der Waals surface area contributed by atoms with Gasteiger partial charge < -0.3 is 34.3 Å². The summed E-state index contributed by atoms with van der Waals surface area (Å²) < 4.78 is 27.3. The molecule has 10 heteroatoms. The zero-order chi connectivity index (χ0) is 22.6. The number of hydrogen-bond donors (Lipinski definition) is 2. The minimum atomic E-state index is 0.226. The normalized spacial score (nSPS) is 15.5. The fourth-order valence-corrected chi connectivity index (χ4v) is 3.89. The molecule has 1 aromatic heterocycles. The van der Waals surface area contributed by atoms with E-state index >= 15 is 0 Å². The first-order chi connectivity index (χ1) is 16.2. The van der Waals surface area contributed by atoms with Crippen LogP contribution >= 0.6 is 0 Å². The smallest absolute Gasteiger partial charge is 0.231 e. The number of hydrogen-bond acceptors (Lipinski definition) is 10. The van der Waals surface area contributed by atoms with Gasteiger partial charge in [-0.2, -0.15) is 4.98 Å². The van der Waals surface area contributed by atoms with Gasteiger partial charge in [0, 0.05) is 49.4 Å². The Hall–Kier alpha value is -3.50. The minimum Gasteiger partial charge on any atom is -0.493 e. The van der Waals surface area contributed by atoms with Gasteiger partial charge in [0.15, 0.2) is 23.0 Å². The maximum atomic E-state index is 5.51. The van der Waals surface area contributed by atoms with E-state index in [0.717, 1.165) is 61.7 Å². The van der Waals surface area contributed by atoms with Gasteiger partial charge in [0.2, 0.25) is 12.7 Å². The molecule has 0 radical (unpaired) electrons. The maximum absolute atomic E-state index is 5.51. The molecule has 174 valence electrons. The van der Waals surface area contributed by atoms with Crippen LogP contribution in [-0.4, -0.2) is 75.3 Å². The Labute approximate surface area is 191 Å². The molecule has 2 aliphatic rings. The Balaban J connectivity index is 1.44. The summed E-state index contributed by atoms with van der Waals surface area (Å²) in [7, 11) is 3.22. The van der Waals surface area contributed by atoms with Crippen LogP contribution in [0.25, 0.3) is 10.9 Å². The summed E-state index contributed by atoms with van der Waals surface area (Å²) in [6.07, 6.45) is 0. The summed E-state index contributed by atoms with van der Waals surface area (Å²) >= 11 is 0. The van der Waals surface area contributed by atoms with Crippen molar-refractivity contribution in [1.29, 1.82) is 0 Å². The minimum absolute atomic E-state index is 0.226. The van der Waals surface area contributed by atoms with E-state index in [1.54, 1.807) is 14.2 Å². The third-order valence-electron chi connectivity index (χ3n) is 5.65. The van der Waals surface area contributed by atoms with Gasteiger partial charge in [0.1, 0.15) is 5.82 Å². The Kier molecular flexibility index (Phi) is 6.18. The van der Waals surface area contributed by atoms with Crippen LogP contribution in [0.4, 0.5) is 17.5 Å². The molecule has 2 N–H and O–H groups in total. The van der Waals surface area contributed by atoms with Crippen LogP contribution in [0.5, 0.6) is 23.0 Å². The first-order valence-corrected chi connectivity index (χ1v) is 10.9. The SMILES string of the molecule is COc1cc2nc(NCCN3CCOCC3)nc(Nc3ccc4c(c3)OCO4)c2cc1OC. The van der Waals surface area contributed by atoms with Crippen molar-refractivity contribution < 1.29 is 23.7 Å². The van der Waals surface area contributed by atoms with Crippen LogP contribution in [0.2, 0.25) is 0 Å². The number of nitrogens with one attached hydrogen (secondary N) is 2. The number of aromatic nitrogens is 2. The first kappa shape index (κ1) is 21.4. The van der Waals surface area contributed by atoms with Crippen LogP contribution in [0.1, 0.15) is 0 Å². The maximum Gasteiger partial charge on any atom is 0.231 e. The van der Waals surface area contributed by atoms with Crippen molar-refractivity contribution >= 4 is 28.4 Å². The lowest BCUT2D eigenvalue weighted by molar-refractivity contribution is 0.0398. The molecular weight excluding hydrogens is 426 g/mol. The summed E-state index contributed by atoms with van der Waals surface area (Å²) in [5.41, 5.74) is 1.56. The molecule has 1 fully saturated rings. The number of nitrogens with zero attached hydrogens (tertiary/aromatic N) is 3. The number of benzene rings is 2. The highest BCUT2D eigenvalue weighted by molar-refractivity contribution is 5.94. The molecule has 0 atom stereocenters. The molecule has 0 spiro atoms. The van der Waals surface area contributed by atoms with E-state index < -0.39 is 0 Å². The van der Waals surface area contributed by atoms with E-state index in [-0.39, 0.29) is 6.79 Å². The highest BCUT2D eigenvalue weighted by Crippen LogP contribution is 2.38. The molecule has 33 heavy (non-hydrogen) atoms. The van der Waals surface area contributed by atoms with Crippen molar-refractivity contribution in [2.75, 3.05) is 71.0 Å². The third-order valence-corrected chi connectivity index (χ3v) is 5.65. The Morgan fingerprint density at radius 2 is 1.76 bits per heavy atom. The second kappa shape index (κ2) is 9.55. The Bertz CT molecular complexity index is 1140. The molecule has 0 saturated carbocycles. The average molecular weight is 453 g/mol. The first-order valence-electron chi connectivity index (χ1n) is 10.9. The summed E-state index contributed by atoms with van der Waals surface area (Å²) in [5, 5.41) is 7.56. The number of anilines is 3. The van der Waals surface area contributed by atoms with Gasteiger partial charge in [-0.1, -0.05) is 0 Å². The predicted molar refractivity (Wildman–Crippen MR) is 124 cm³/mol. The zero-order valence-corrected chi connectivity index (χ0v) is 18.7. The van der Waals surface area contributed by atoms with E-state index in [1.165, 1.54) is 0 Å². The zero-order valence-electron chi connectivity index (χ0n) is 18.7. The number of fused-ring (bicyclic) bond motifs is 2.